The van der Waals surface area contributed by atoms with Gasteiger partial charge in [0.05, 0.1) is 5.69 Å². The maximum atomic E-state index is 2.63. The summed E-state index contributed by atoms with van der Waals surface area (Å²) in [5.74, 6) is 0.522. The van der Waals surface area contributed by atoms with Crippen LogP contribution in [0, 0.1) is 12.8 Å². The van der Waals surface area contributed by atoms with Gasteiger partial charge in [-0.3, -0.25) is 0 Å². The van der Waals surface area contributed by atoms with Crippen LogP contribution in [0.3, 0.4) is 0 Å². The molecule has 6 aromatic rings. The summed E-state index contributed by atoms with van der Waals surface area (Å²) in [4.78, 5) is 5.19. The molecule has 5 aromatic carbocycles. The highest BCUT2D eigenvalue weighted by atomic mass is 32.1. The molecule has 2 unspecified atom stereocenters. The van der Waals surface area contributed by atoms with Crippen molar-refractivity contribution in [1.29, 1.82) is 0 Å². The Hall–Kier alpha value is -4.80. The normalized spacial score (nSPS) is 20.1. The summed E-state index contributed by atoms with van der Waals surface area (Å²) in [7, 11) is 0. The lowest BCUT2D eigenvalue weighted by Crippen LogP contribution is -2.60. The molecule has 1 aromatic heterocycles. The maximum Gasteiger partial charge on any atom is 0.264 e. The van der Waals surface area contributed by atoms with Crippen LogP contribution in [-0.2, 0) is 21.7 Å². The molecular weight excluding hydrogens is 731 g/mol. The fourth-order valence-electron chi connectivity index (χ4n) is 9.94. The molecule has 0 fully saturated rings. The highest BCUT2D eigenvalue weighted by molar-refractivity contribution is 7.33. The third kappa shape index (κ3) is 6.80. The van der Waals surface area contributed by atoms with Crippen LogP contribution in [0.1, 0.15) is 117 Å². The van der Waals surface area contributed by atoms with Gasteiger partial charge in [0.2, 0.25) is 0 Å². The van der Waals surface area contributed by atoms with Gasteiger partial charge >= 0.3 is 0 Å². The number of anilines is 6. The van der Waals surface area contributed by atoms with Crippen LogP contribution in [0.25, 0.3) is 10.1 Å². The minimum absolute atomic E-state index is 0.00797. The van der Waals surface area contributed by atoms with Crippen molar-refractivity contribution in [1.82, 2.24) is 0 Å². The van der Waals surface area contributed by atoms with Crippen molar-refractivity contribution in [3.05, 3.63) is 149 Å². The van der Waals surface area contributed by atoms with Crippen molar-refractivity contribution in [3.63, 3.8) is 0 Å². The van der Waals surface area contributed by atoms with Gasteiger partial charge in [-0.25, -0.2) is 0 Å². The van der Waals surface area contributed by atoms with E-state index in [1.54, 1.807) is 0 Å². The Bertz CT molecular complexity index is 2660. The number of hydrogen-bond donors (Lipinski definition) is 0. The van der Waals surface area contributed by atoms with E-state index < -0.39 is 0 Å². The summed E-state index contributed by atoms with van der Waals surface area (Å²) < 4.78 is 2.77. The number of aryl methyl sites for hydroxylation is 1. The standard InChI is InChI=1S/C55H61BN2S/c1-35-16-14-13-15-29-55(12,34-35)38-19-25-42(26-20-38)58-47-31-36(2)30-46-49(47)56(51-50(58)43-32-39(53(6,7)8)22-28-48(43)59-51)44-33-40(54(9,10)11)21-27-45(44)57(46)41-23-17-37(18-24-41)52(3,4)5/h14-33,35H,13,34H2,1-12H3/b16-14+,29-15+. The van der Waals surface area contributed by atoms with Crippen molar-refractivity contribution in [2.45, 2.75) is 118 Å². The molecule has 59 heavy (non-hydrogen) atoms. The molecule has 4 heteroatoms. The fourth-order valence-corrected chi connectivity index (χ4v) is 11.2. The third-order valence-electron chi connectivity index (χ3n) is 13.3. The van der Waals surface area contributed by atoms with E-state index in [9.17, 15) is 0 Å². The zero-order valence-corrected chi connectivity index (χ0v) is 38.2. The lowest BCUT2D eigenvalue weighted by Gasteiger charge is -2.44. The summed E-state index contributed by atoms with van der Waals surface area (Å²) in [6.07, 6.45) is 11.6. The molecule has 9 rings (SSSR count). The second-order valence-electron chi connectivity index (χ2n) is 21.1. The molecule has 2 atom stereocenters. The Morgan fingerprint density at radius 2 is 1.22 bits per heavy atom. The Kier molecular flexibility index (Phi) is 9.33. The molecule has 0 spiro atoms. The summed E-state index contributed by atoms with van der Waals surface area (Å²) >= 11 is 1.99. The topological polar surface area (TPSA) is 6.48 Å². The summed E-state index contributed by atoms with van der Waals surface area (Å²) in [5, 5.41) is 1.35. The van der Waals surface area contributed by atoms with Crippen LogP contribution in [-0.4, -0.2) is 6.71 Å². The van der Waals surface area contributed by atoms with Crippen molar-refractivity contribution in [3.8, 4) is 0 Å². The second-order valence-corrected chi connectivity index (χ2v) is 22.2. The zero-order valence-electron chi connectivity index (χ0n) is 37.4. The first-order valence-corrected chi connectivity index (χ1v) is 22.7. The van der Waals surface area contributed by atoms with Gasteiger partial charge in [0, 0.05) is 48.7 Å². The van der Waals surface area contributed by atoms with Crippen molar-refractivity contribution < 1.29 is 0 Å². The molecule has 300 valence electrons. The predicted octanol–water partition coefficient (Wildman–Crippen LogP) is 14.0. The monoisotopic (exact) mass is 792 g/mol. The van der Waals surface area contributed by atoms with Crippen LogP contribution in [0.2, 0.25) is 0 Å². The number of thiophene rings is 1. The van der Waals surface area contributed by atoms with E-state index in [2.05, 4.69) is 214 Å². The van der Waals surface area contributed by atoms with Crippen LogP contribution < -0.4 is 25.5 Å². The molecular formula is C55H61BN2S. The molecule has 0 N–H and O–H groups in total. The lowest BCUT2D eigenvalue weighted by molar-refractivity contribution is 0.465. The molecule has 1 aliphatic carbocycles. The SMILES string of the molecule is Cc1cc2c3c(c1)N(c1ccc(C4(C)/C=C/C/C=C/C(C)C4)cc1)c1c(sc4ccc(C(C)(C)C)cc14)B3c1cc(C(C)(C)C)ccc1N2c1ccc(C(C)(C)C)cc1. The summed E-state index contributed by atoms with van der Waals surface area (Å²) in [6.45, 7) is 28.1. The van der Waals surface area contributed by atoms with Gasteiger partial charge in [-0.2, -0.15) is 0 Å². The van der Waals surface area contributed by atoms with E-state index >= 15 is 0 Å². The van der Waals surface area contributed by atoms with Crippen LogP contribution in [0.5, 0.6) is 0 Å². The number of allylic oxidation sites excluding steroid dienone is 4. The highest BCUT2D eigenvalue weighted by Crippen LogP contribution is 2.49. The predicted molar refractivity (Wildman–Crippen MR) is 261 cm³/mol. The van der Waals surface area contributed by atoms with E-state index in [1.165, 1.54) is 87.7 Å². The molecule has 2 aliphatic heterocycles. The van der Waals surface area contributed by atoms with E-state index in [0.717, 1.165) is 12.8 Å². The average molecular weight is 793 g/mol. The first-order valence-electron chi connectivity index (χ1n) is 21.8. The minimum Gasteiger partial charge on any atom is -0.311 e. The average Bonchev–Trinajstić information content (AvgIpc) is 3.54. The van der Waals surface area contributed by atoms with Gasteiger partial charge in [0.15, 0.2) is 0 Å². The maximum absolute atomic E-state index is 2.63. The first-order chi connectivity index (χ1) is 27.8. The Labute approximate surface area is 358 Å². The largest absolute Gasteiger partial charge is 0.311 e. The van der Waals surface area contributed by atoms with Gasteiger partial charge in [-0.05, 0) is 135 Å². The van der Waals surface area contributed by atoms with Crippen LogP contribution in [0.15, 0.2) is 121 Å². The molecule has 3 heterocycles. The van der Waals surface area contributed by atoms with Crippen molar-refractivity contribution in [2.24, 2.45) is 5.92 Å². The van der Waals surface area contributed by atoms with Gasteiger partial charge in [0.1, 0.15) is 0 Å². The van der Waals surface area contributed by atoms with E-state index in [-0.39, 0.29) is 28.4 Å². The molecule has 0 radical (unpaired) electrons. The minimum atomic E-state index is -0.0302. The highest BCUT2D eigenvalue weighted by Gasteiger charge is 2.46. The molecule has 0 bridgehead atoms. The van der Waals surface area contributed by atoms with Gasteiger partial charge in [-0.1, -0.05) is 143 Å². The molecule has 0 saturated carbocycles. The van der Waals surface area contributed by atoms with E-state index in [4.69, 9.17) is 0 Å². The Balaban J connectivity index is 1.33. The van der Waals surface area contributed by atoms with Gasteiger partial charge in [-0.15, -0.1) is 11.3 Å². The van der Waals surface area contributed by atoms with E-state index in [1.807, 2.05) is 11.3 Å². The third-order valence-corrected chi connectivity index (χ3v) is 14.5. The Morgan fingerprint density at radius 3 is 1.88 bits per heavy atom. The zero-order chi connectivity index (χ0) is 41.8. The van der Waals surface area contributed by atoms with Crippen molar-refractivity contribution >= 4 is 78.0 Å². The smallest absolute Gasteiger partial charge is 0.264 e. The Morgan fingerprint density at radius 1 is 0.644 bits per heavy atom. The summed E-state index contributed by atoms with van der Waals surface area (Å²) in [5.41, 5.74) is 17.2. The molecule has 2 nitrogen and oxygen atoms in total. The van der Waals surface area contributed by atoms with Crippen LogP contribution >= 0.6 is 11.3 Å². The summed E-state index contributed by atoms with van der Waals surface area (Å²) in [6, 6.07) is 38.5. The quantitative estimate of drug-likeness (QED) is 0.130. The van der Waals surface area contributed by atoms with Crippen LogP contribution in [0.4, 0.5) is 34.1 Å². The molecule has 3 aliphatic rings. The number of benzene rings is 5. The first kappa shape index (κ1) is 39.7. The van der Waals surface area contributed by atoms with Gasteiger partial charge < -0.3 is 9.80 Å². The number of rotatable bonds is 3. The van der Waals surface area contributed by atoms with E-state index in [0.29, 0.717) is 5.92 Å². The lowest BCUT2D eigenvalue weighted by atomic mass is 9.36. The van der Waals surface area contributed by atoms with Crippen molar-refractivity contribution in [2.75, 3.05) is 9.80 Å². The number of fused-ring (bicyclic) bond motifs is 6. The molecule has 0 saturated heterocycles. The van der Waals surface area contributed by atoms with Gasteiger partial charge in [0.25, 0.3) is 6.71 Å². The molecule has 0 amide bonds. The number of hydrogen-bond acceptors (Lipinski definition) is 3. The fraction of sp³-hybridized carbons (Fsp3) is 0.345. The second kappa shape index (κ2) is 13.9. The number of nitrogens with zero attached hydrogens (tertiary/aromatic N) is 2.